The monoisotopic (exact) mass is 310 g/mol. The van der Waals surface area contributed by atoms with Crippen molar-refractivity contribution in [2.75, 3.05) is 6.54 Å². The Bertz CT molecular complexity index is 745. The number of hydrogen-bond donors (Lipinski definition) is 1. The van der Waals surface area contributed by atoms with Crippen molar-refractivity contribution in [1.82, 2.24) is 4.90 Å². The Morgan fingerprint density at radius 2 is 2.04 bits per heavy atom. The highest BCUT2D eigenvalue weighted by Crippen LogP contribution is 2.47. The number of carbonyl (C=O) groups excluding carboxylic acids is 1. The molecule has 120 valence electrons. The van der Waals surface area contributed by atoms with Gasteiger partial charge in [-0.25, -0.2) is 0 Å². The van der Waals surface area contributed by atoms with E-state index >= 15 is 0 Å². The number of fused-ring (bicyclic) bond motifs is 4. The van der Waals surface area contributed by atoms with Gasteiger partial charge in [-0.05, 0) is 29.4 Å². The summed E-state index contributed by atoms with van der Waals surface area (Å²) >= 11 is 0. The summed E-state index contributed by atoms with van der Waals surface area (Å²) in [5.41, 5.74) is 4.99. The lowest BCUT2D eigenvalue weighted by Crippen LogP contribution is -2.45. The van der Waals surface area contributed by atoms with Crippen LogP contribution in [0, 0.1) is 5.41 Å². The standard InChI is InChI=1S/C19H22N2O2/c1-19(2)10-16-18(17(22)11-19)14(20-23)9-15-13-6-4-3-5-12(13)7-8-21(15)16/h3-6,15,23H,7-11H2,1-2H3. The second-order valence-electron chi connectivity index (χ2n) is 7.67. The maximum atomic E-state index is 12.7. The van der Waals surface area contributed by atoms with E-state index in [1.165, 1.54) is 11.1 Å². The molecule has 4 nitrogen and oxygen atoms in total. The van der Waals surface area contributed by atoms with E-state index < -0.39 is 0 Å². The van der Waals surface area contributed by atoms with Crippen LogP contribution in [0.5, 0.6) is 0 Å². The molecule has 0 aromatic heterocycles. The molecule has 2 aliphatic heterocycles. The van der Waals surface area contributed by atoms with Crippen molar-refractivity contribution in [3.05, 3.63) is 46.7 Å². The molecule has 1 aromatic rings. The summed E-state index contributed by atoms with van der Waals surface area (Å²) in [4.78, 5) is 15.1. The van der Waals surface area contributed by atoms with Crippen LogP contribution in [-0.2, 0) is 11.2 Å². The first-order chi connectivity index (χ1) is 11.0. The Hall–Kier alpha value is -2.10. The number of allylic oxidation sites excluding steroid dienone is 2. The first-order valence-electron chi connectivity index (χ1n) is 8.32. The molecule has 0 saturated carbocycles. The van der Waals surface area contributed by atoms with E-state index in [1.807, 2.05) is 0 Å². The summed E-state index contributed by atoms with van der Waals surface area (Å²) in [6, 6.07) is 8.69. The summed E-state index contributed by atoms with van der Waals surface area (Å²) in [7, 11) is 0. The first kappa shape index (κ1) is 14.5. The van der Waals surface area contributed by atoms with E-state index in [9.17, 15) is 10.0 Å². The van der Waals surface area contributed by atoms with Crippen LogP contribution in [0.1, 0.15) is 50.3 Å². The maximum absolute atomic E-state index is 12.7. The topological polar surface area (TPSA) is 52.9 Å². The van der Waals surface area contributed by atoms with Crippen molar-refractivity contribution in [3.63, 3.8) is 0 Å². The Labute approximate surface area is 136 Å². The molecule has 3 aliphatic rings. The number of Topliss-reactive ketones (excluding diaryl/α,β-unsaturated/α-hetero) is 1. The van der Waals surface area contributed by atoms with Gasteiger partial charge in [-0.1, -0.05) is 43.3 Å². The minimum absolute atomic E-state index is 0.0324. The number of benzene rings is 1. The fraction of sp³-hybridized carbons (Fsp3) is 0.474. The lowest BCUT2D eigenvalue weighted by atomic mass is 9.71. The highest BCUT2D eigenvalue weighted by molar-refractivity contribution is 6.24. The third-order valence-electron chi connectivity index (χ3n) is 5.41. The van der Waals surface area contributed by atoms with Crippen molar-refractivity contribution in [2.45, 2.75) is 45.6 Å². The third-order valence-corrected chi connectivity index (χ3v) is 5.41. The molecule has 4 rings (SSSR count). The van der Waals surface area contributed by atoms with Crippen LogP contribution in [0.15, 0.2) is 40.7 Å². The van der Waals surface area contributed by atoms with Gasteiger partial charge < -0.3 is 10.1 Å². The fourth-order valence-corrected chi connectivity index (χ4v) is 4.43. The lowest BCUT2D eigenvalue weighted by Gasteiger charge is -2.48. The van der Waals surface area contributed by atoms with Gasteiger partial charge in [0.15, 0.2) is 5.78 Å². The summed E-state index contributed by atoms with van der Waals surface area (Å²) in [6.45, 7) is 5.22. The summed E-state index contributed by atoms with van der Waals surface area (Å²) in [5, 5.41) is 13.0. The predicted molar refractivity (Wildman–Crippen MR) is 88.5 cm³/mol. The van der Waals surface area contributed by atoms with Crippen molar-refractivity contribution in [3.8, 4) is 0 Å². The molecule has 23 heavy (non-hydrogen) atoms. The second kappa shape index (κ2) is 4.95. The molecule has 0 spiro atoms. The lowest BCUT2D eigenvalue weighted by molar-refractivity contribution is -0.118. The number of oxime groups is 1. The van der Waals surface area contributed by atoms with Crippen LogP contribution in [0.3, 0.4) is 0 Å². The molecule has 1 atom stereocenters. The average molecular weight is 310 g/mol. The van der Waals surface area contributed by atoms with Crippen LogP contribution in [0.4, 0.5) is 0 Å². The third kappa shape index (κ3) is 2.19. The minimum atomic E-state index is -0.0324. The zero-order chi connectivity index (χ0) is 16.2. The molecule has 1 aromatic carbocycles. The first-order valence-corrected chi connectivity index (χ1v) is 8.32. The fourth-order valence-electron chi connectivity index (χ4n) is 4.43. The van der Waals surface area contributed by atoms with Crippen molar-refractivity contribution in [1.29, 1.82) is 0 Å². The molecule has 4 heteroatoms. The van der Waals surface area contributed by atoms with Gasteiger partial charge >= 0.3 is 0 Å². The Morgan fingerprint density at radius 3 is 2.83 bits per heavy atom. The SMILES string of the molecule is CC1(C)CC(=O)C2=C(C1)N1CCc3ccccc3C1CC2=NO. The second-order valence-corrected chi connectivity index (χ2v) is 7.67. The predicted octanol–water partition coefficient (Wildman–Crippen LogP) is 3.46. The number of nitrogens with zero attached hydrogens (tertiary/aromatic N) is 2. The van der Waals surface area contributed by atoms with Gasteiger partial charge in [0, 0.05) is 25.1 Å². The molecule has 0 amide bonds. The van der Waals surface area contributed by atoms with Gasteiger partial charge in [0.25, 0.3) is 0 Å². The van der Waals surface area contributed by atoms with E-state index in [0.29, 0.717) is 24.1 Å². The summed E-state index contributed by atoms with van der Waals surface area (Å²) in [5.74, 6) is 0.126. The number of rotatable bonds is 0. The highest BCUT2D eigenvalue weighted by atomic mass is 16.4. The van der Waals surface area contributed by atoms with Crippen LogP contribution in [0.2, 0.25) is 0 Å². The van der Waals surface area contributed by atoms with Crippen LogP contribution >= 0.6 is 0 Å². The van der Waals surface area contributed by atoms with Gasteiger partial charge in [0.2, 0.25) is 0 Å². The Kier molecular flexibility index (Phi) is 3.12. The zero-order valence-electron chi connectivity index (χ0n) is 13.7. The van der Waals surface area contributed by atoms with E-state index in [-0.39, 0.29) is 17.2 Å². The average Bonchev–Trinajstić information content (AvgIpc) is 2.52. The van der Waals surface area contributed by atoms with Gasteiger partial charge in [-0.2, -0.15) is 0 Å². The minimum Gasteiger partial charge on any atom is -0.411 e. The molecule has 0 bridgehead atoms. The molecule has 0 radical (unpaired) electrons. The maximum Gasteiger partial charge on any atom is 0.167 e. The van der Waals surface area contributed by atoms with E-state index in [1.54, 1.807) is 0 Å². The van der Waals surface area contributed by atoms with Crippen molar-refractivity contribution >= 4 is 11.5 Å². The van der Waals surface area contributed by atoms with Gasteiger partial charge in [0.05, 0.1) is 17.3 Å². The Balaban J connectivity index is 1.86. The van der Waals surface area contributed by atoms with Gasteiger partial charge in [-0.3, -0.25) is 4.79 Å². The van der Waals surface area contributed by atoms with Crippen LogP contribution in [0.25, 0.3) is 0 Å². The molecule has 2 heterocycles. The van der Waals surface area contributed by atoms with Crippen molar-refractivity contribution in [2.24, 2.45) is 10.6 Å². The number of ketones is 1. The molecular weight excluding hydrogens is 288 g/mol. The number of carbonyl (C=O) groups is 1. The molecule has 1 unspecified atom stereocenters. The molecule has 1 aliphatic carbocycles. The highest BCUT2D eigenvalue weighted by Gasteiger charge is 2.44. The Morgan fingerprint density at radius 1 is 1.26 bits per heavy atom. The zero-order valence-corrected chi connectivity index (χ0v) is 13.7. The largest absolute Gasteiger partial charge is 0.411 e. The quantitative estimate of drug-likeness (QED) is 0.590. The van der Waals surface area contributed by atoms with Gasteiger partial charge in [0.1, 0.15) is 0 Å². The summed E-state index contributed by atoms with van der Waals surface area (Å²) in [6.07, 6.45) is 3.01. The van der Waals surface area contributed by atoms with E-state index in [4.69, 9.17) is 0 Å². The molecular formula is C19H22N2O2. The van der Waals surface area contributed by atoms with Crippen LogP contribution < -0.4 is 0 Å². The summed E-state index contributed by atoms with van der Waals surface area (Å²) < 4.78 is 0. The normalized spacial score (nSPS) is 27.6. The van der Waals surface area contributed by atoms with Gasteiger partial charge in [-0.15, -0.1) is 0 Å². The molecule has 1 N–H and O–H groups in total. The molecule has 0 fully saturated rings. The van der Waals surface area contributed by atoms with Crippen molar-refractivity contribution < 1.29 is 10.0 Å². The molecule has 0 saturated heterocycles. The van der Waals surface area contributed by atoms with E-state index in [2.05, 4.69) is 48.2 Å². The number of hydrogen-bond acceptors (Lipinski definition) is 4. The van der Waals surface area contributed by atoms with Crippen LogP contribution in [-0.4, -0.2) is 28.1 Å². The smallest absolute Gasteiger partial charge is 0.167 e. The van der Waals surface area contributed by atoms with E-state index in [0.717, 1.165) is 25.1 Å².